The van der Waals surface area contributed by atoms with Crippen molar-refractivity contribution in [1.82, 2.24) is 4.98 Å². The van der Waals surface area contributed by atoms with Crippen LogP contribution in [0.25, 0.3) is 11.3 Å². The molecule has 1 heterocycles. The average Bonchev–Trinajstić information content (AvgIpc) is 3.10. The highest BCUT2D eigenvalue weighted by Crippen LogP contribution is 2.24. The molecule has 0 aliphatic heterocycles. The van der Waals surface area contributed by atoms with Crippen LogP contribution in [0.2, 0.25) is 0 Å². The van der Waals surface area contributed by atoms with Gasteiger partial charge < -0.3 is 9.73 Å². The van der Waals surface area contributed by atoms with Crippen LogP contribution in [-0.2, 0) is 21.1 Å². The van der Waals surface area contributed by atoms with Gasteiger partial charge in [0.05, 0.1) is 22.3 Å². The summed E-state index contributed by atoms with van der Waals surface area (Å²) >= 11 is 0. The fourth-order valence-corrected chi connectivity index (χ4v) is 3.12. The number of hydrogen-bond acceptors (Lipinski definition) is 5. The Labute approximate surface area is 160 Å². The number of hydrogen-bond donors (Lipinski definition) is 1. The smallest absolute Gasteiger partial charge is 0.224 e. The zero-order chi connectivity index (χ0) is 20.3. The largest absolute Gasteiger partial charge is 0.441 e. The Balaban J connectivity index is 1.65. The fourth-order valence-electron chi connectivity index (χ4n) is 2.48. The summed E-state index contributed by atoms with van der Waals surface area (Å²) in [6.07, 6.45) is 2.37. The minimum atomic E-state index is -3.53. The zero-order valence-corrected chi connectivity index (χ0v) is 15.6. The van der Waals surface area contributed by atoms with Crippen molar-refractivity contribution < 1.29 is 26.4 Å². The Bertz CT molecular complexity index is 1130. The van der Waals surface area contributed by atoms with Crippen LogP contribution in [0.1, 0.15) is 12.3 Å². The lowest BCUT2D eigenvalue weighted by Crippen LogP contribution is -2.14. The highest BCUT2D eigenvalue weighted by molar-refractivity contribution is 7.90. The van der Waals surface area contributed by atoms with Crippen LogP contribution < -0.4 is 5.32 Å². The maximum atomic E-state index is 13.8. The van der Waals surface area contributed by atoms with E-state index in [4.69, 9.17) is 4.42 Å². The van der Waals surface area contributed by atoms with E-state index in [1.54, 1.807) is 18.2 Å². The number of carbonyl (C=O) groups is 1. The van der Waals surface area contributed by atoms with Crippen LogP contribution in [0.3, 0.4) is 0 Å². The first-order chi connectivity index (χ1) is 13.2. The van der Waals surface area contributed by atoms with Crippen LogP contribution in [-0.4, -0.2) is 25.6 Å². The molecule has 6 nitrogen and oxygen atoms in total. The molecule has 1 amide bonds. The molecule has 0 unspecified atom stereocenters. The number of benzene rings is 2. The summed E-state index contributed by atoms with van der Waals surface area (Å²) in [6, 6.07) is 9.21. The second kappa shape index (κ2) is 7.89. The third-order valence-corrected chi connectivity index (χ3v) is 5.01. The first-order valence-electron chi connectivity index (χ1n) is 8.23. The molecular formula is C19H16F2N2O4S. The van der Waals surface area contributed by atoms with Crippen molar-refractivity contribution in [2.75, 3.05) is 11.6 Å². The number of sulfone groups is 1. The molecule has 0 saturated heterocycles. The Kier molecular flexibility index (Phi) is 5.55. The number of halogens is 2. The third-order valence-electron chi connectivity index (χ3n) is 3.90. The van der Waals surface area contributed by atoms with Crippen LogP contribution in [0.15, 0.2) is 58.0 Å². The van der Waals surface area contributed by atoms with Gasteiger partial charge in [-0.1, -0.05) is 12.1 Å². The Morgan fingerprint density at radius 3 is 2.61 bits per heavy atom. The molecule has 2 aromatic carbocycles. The van der Waals surface area contributed by atoms with Crippen molar-refractivity contribution in [2.45, 2.75) is 17.7 Å². The minimum absolute atomic E-state index is 0.0836. The number of carbonyl (C=O) groups excluding carboxylic acids is 1. The molecule has 0 bridgehead atoms. The molecule has 3 rings (SSSR count). The molecule has 0 atom stereocenters. The summed E-state index contributed by atoms with van der Waals surface area (Å²) in [5, 5.41) is 2.33. The van der Waals surface area contributed by atoms with Gasteiger partial charge in [-0.3, -0.25) is 4.79 Å². The number of amides is 1. The lowest BCUT2D eigenvalue weighted by molar-refractivity contribution is -0.116. The van der Waals surface area contributed by atoms with Gasteiger partial charge in [-0.2, -0.15) is 0 Å². The number of aryl methyl sites for hydroxylation is 1. The molecule has 146 valence electrons. The van der Waals surface area contributed by atoms with E-state index in [-0.39, 0.29) is 40.6 Å². The number of nitrogens with zero attached hydrogens (tertiary/aromatic N) is 1. The first-order valence-corrected chi connectivity index (χ1v) is 10.1. The van der Waals surface area contributed by atoms with Crippen molar-refractivity contribution in [2.24, 2.45) is 0 Å². The van der Waals surface area contributed by atoms with E-state index in [1.807, 2.05) is 0 Å². The van der Waals surface area contributed by atoms with Gasteiger partial charge in [0.1, 0.15) is 11.6 Å². The normalized spacial score (nSPS) is 11.4. The van der Waals surface area contributed by atoms with Gasteiger partial charge in [-0.05, 0) is 30.3 Å². The predicted octanol–water partition coefficient (Wildman–Crippen LogP) is 3.59. The quantitative estimate of drug-likeness (QED) is 0.632. The van der Waals surface area contributed by atoms with Crippen LogP contribution in [0, 0.1) is 11.6 Å². The van der Waals surface area contributed by atoms with Gasteiger partial charge >= 0.3 is 0 Å². The summed E-state index contributed by atoms with van der Waals surface area (Å²) in [6.45, 7) is 0. The molecule has 0 radical (unpaired) electrons. The van der Waals surface area contributed by atoms with Crippen molar-refractivity contribution in [3.05, 3.63) is 66.2 Å². The molecule has 0 aliphatic rings. The van der Waals surface area contributed by atoms with Gasteiger partial charge in [0, 0.05) is 19.1 Å². The average molecular weight is 406 g/mol. The molecule has 28 heavy (non-hydrogen) atoms. The Morgan fingerprint density at radius 2 is 1.89 bits per heavy atom. The monoisotopic (exact) mass is 406 g/mol. The van der Waals surface area contributed by atoms with Crippen LogP contribution in [0.5, 0.6) is 0 Å². The Morgan fingerprint density at radius 1 is 1.14 bits per heavy atom. The van der Waals surface area contributed by atoms with Crippen molar-refractivity contribution in [1.29, 1.82) is 0 Å². The SMILES string of the molecule is CS(=O)(=O)c1ccc(F)c(NC(=O)CCc2ncc(-c3ccccc3F)o2)c1. The zero-order valence-electron chi connectivity index (χ0n) is 14.8. The third kappa shape index (κ3) is 4.61. The van der Waals surface area contributed by atoms with E-state index in [0.717, 1.165) is 24.5 Å². The van der Waals surface area contributed by atoms with E-state index < -0.39 is 27.4 Å². The topological polar surface area (TPSA) is 89.3 Å². The predicted molar refractivity (Wildman–Crippen MR) is 98.4 cm³/mol. The van der Waals surface area contributed by atoms with Gasteiger partial charge in [0.2, 0.25) is 5.91 Å². The van der Waals surface area contributed by atoms with E-state index in [9.17, 15) is 22.0 Å². The molecule has 1 N–H and O–H groups in total. The van der Waals surface area contributed by atoms with Crippen molar-refractivity contribution in [3.63, 3.8) is 0 Å². The maximum Gasteiger partial charge on any atom is 0.224 e. The van der Waals surface area contributed by atoms with E-state index in [0.29, 0.717) is 0 Å². The highest BCUT2D eigenvalue weighted by atomic mass is 32.2. The summed E-state index contributed by atoms with van der Waals surface area (Å²) in [7, 11) is -3.53. The van der Waals surface area contributed by atoms with E-state index in [2.05, 4.69) is 10.3 Å². The molecular weight excluding hydrogens is 390 g/mol. The molecule has 3 aromatic rings. The number of rotatable bonds is 6. The summed E-state index contributed by atoms with van der Waals surface area (Å²) in [4.78, 5) is 16.0. The molecule has 0 spiro atoms. The summed E-state index contributed by atoms with van der Waals surface area (Å²) in [5.41, 5.74) is 0.0257. The molecule has 0 fully saturated rings. The molecule has 9 heteroatoms. The first kappa shape index (κ1) is 19.7. The fraction of sp³-hybridized carbons (Fsp3) is 0.158. The van der Waals surface area contributed by atoms with Gasteiger partial charge in [-0.25, -0.2) is 22.2 Å². The summed E-state index contributed by atoms with van der Waals surface area (Å²) in [5.74, 6) is -1.29. The maximum absolute atomic E-state index is 13.8. The standard InChI is InChI=1S/C19H16F2N2O4S/c1-28(25,26)12-6-7-15(21)16(10-12)23-18(24)8-9-19-22-11-17(27-19)13-4-2-3-5-14(13)20/h2-7,10-11H,8-9H2,1H3,(H,23,24). The summed E-state index contributed by atoms with van der Waals surface area (Å²) < 4.78 is 56.2. The van der Waals surface area contributed by atoms with E-state index >= 15 is 0 Å². The number of aromatic nitrogens is 1. The van der Waals surface area contributed by atoms with Crippen LogP contribution in [0.4, 0.5) is 14.5 Å². The van der Waals surface area contributed by atoms with Crippen LogP contribution >= 0.6 is 0 Å². The van der Waals surface area contributed by atoms with E-state index in [1.165, 1.54) is 12.3 Å². The lowest BCUT2D eigenvalue weighted by atomic mass is 10.2. The molecule has 1 aromatic heterocycles. The number of oxazole rings is 1. The molecule has 0 saturated carbocycles. The Hall–Kier alpha value is -3.07. The van der Waals surface area contributed by atoms with Gasteiger partial charge in [-0.15, -0.1) is 0 Å². The van der Waals surface area contributed by atoms with Crippen molar-refractivity contribution in [3.8, 4) is 11.3 Å². The minimum Gasteiger partial charge on any atom is -0.441 e. The van der Waals surface area contributed by atoms with Gasteiger partial charge in [0.25, 0.3) is 0 Å². The second-order valence-electron chi connectivity index (χ2n) is 6.06. The molecule has 0 aliphatic carbocycles. The number of nitrogens with one attached hydrogen (secondary N) is 1. The highest BCUT2D eigenvalue weighted by Gasteiger charge is 2.15. The lowest BCUT2D eigenvalue weighted by Gasteiger charge is -2.07. The van der Waals surface area contributed by atoms with Gasteiger partial charge in [0.15, 0.2) is 21.5 Å². The van der Waals surface area contributed by atoms with Crippen molar-refractivity contribution >= 4 is 21.4 Å². The number of anilines is 1. The second-order valence-corrected chi connectivity index (χ2v) is 8.08.